The second-order valence-corrected chi connectivity index (χ2v) is 7.35. The fourth-order valence-corrected chi connectivity index (χ4v) is 3.21. The van der Waals surface area contributed by atoms with Crippen LogP contribution >= 0.6 is 11.6 Å². The van der Waals surface area contributed by atoms with Gasteiger partial charge in [-0.15, -0.1) is 0 Å². The predicted molar refractivity (Wildman–Crippen MR) is 115 cm³/mol. The van der Waals surface area contributed by atoms with Gasteiger partial charge in [0.15, 0.2) is 0 Å². The Morgan fingerprint density at radius 2 is 1.88 bits per heavy atom. The van der Waals surface area contributed by atoms with E-state index in [4.69, 9.17) is 16.1 Å². The minimum atomic E-state index is -0.836. The Morgan fingerprint density at radius 3 is 2.59 bits per heavy atom. The number of amides is 1. The number of anilines is 1. The Bertz CT molecular complexity index is 1220. The van der Waals surface area contributed by atoms with Crippen molar-refractivity contribution in [3.8, 4) is 11.4 Å². The first kappa shape index (κ1) is 21.6. The summed E-state index contributed by atoms with van der Waals surface area (Å²) in [6.07, 6.45) is 1.71. The number of nitrogens with zero attached hydrogens (tertiary/aromatic N) is 4. The normalized spacial score (nSPS) is 10.8. The molecule has 0 bridgehead atoms. The van der Waals surface area contributed by atoms with Gasteiger partial charge in [-0.1, -0.05) is 22.8 Å². The number of aryl methyl sites for hydroxylation is 1. The summed E-state index contributed by atoms with van der Waals surface area (Å²) in [6.45, 7) is 0.0298. The van der Waals surface area contributed by atoms with Crippen molar-refractivity contribution in [2.75, 3.05) is 4.90 Å². The third-order valence-corrected chi connectivity index (χ3v) is 4.92. The molecule has 2 heterocycles. The minimum absolute atomic E-state index is 0.0219. The number of carbonyl (C=O) groups is 1. The zero-order valence-electron chi connectivity index (χ0n) is 16.7. The van der Waals surface area contributed by atoms with Crippen LogP contribution in [0.25, 0.3) is 11.4 Å². The van der Waals surface area contributed by atoms with Crippen LogP contribution < -0.4 is 4.90 Å². The number of aromatic nitrogens is 3. The molecule has 0 radical (unpaired) electrons. The summed E-state index contributed by atoms with van der Waals surface area (Å²) in [4.78, 5) is 22.7. The van der Waals surface area contributed by atoms with E-state index in [0.29, 0.717) is 16.5 Å². The number of halogens is 3. The molecule has 0 atom stereocenters. The maximum atomic E-state index is 14.4. The highest BCUT2D eigenvalue weighted by Gasteiger charge is 2.21. The highest BCUT2D eigenvalue weighted by atomic mass is 35.5. The number of hydrogen-bond acceptors (Lipinski definition) is 5. The van der Waals surface area contributed by atoms with Gasteiger partial charge in [0.05, 0.1) is 17.9 Å². The first-order valence-electron chi connectivity index (χ1n) is 9.73. The van der Waals surface area contributed by atoms with Crippen molar-refractivity contribution in [3.05, 3.63) is 95.1 Å². The molecular formula is C23H17ClF2N4O2. The molecule has 2 aromatic carbocycles. The van der Waals surface area contributed by atoms with Crippen LogP contribution in [-0.4, -0.2) is 21.0 Å². The summed E-state index contributed by atoms with van der Waals surface area (Å²) in [7, 11) is 0. The van der Waals surface area contributed by atoms with E-state index in [9.17, 15) is 13.6 Å². The van der Waals surface area contributed by atoms with Crippen molar-refractivity contribution in [1.29, 1.82) is 0 Å². The van der Waals surface area contributed by atoms with E-state index >= 15 is 0 Å². The van der Waals surface area contributed by atoms with Gasteiger partial charge in [0.2, 0.25) is 17.6 Å². The van der Waals surface area contributed by atoms with Crippen LogP contribution in [0, 0.1) is 11.6 Å². The lowest BCUT2D eigenvalue weighted by molar-refractivity contribution is -0.118. The summed E-state index contributed by atoms with van der Waals surface area (Å²) in [5.41, 5.74) is 1.25. The van der Waals surface area contributed by atoms with Crippen LogP contribution in [0.1, 0.15) is 18.0 Å². The molecule has 0 fully saturated rings. The molecule has 0 aliphatic heterocycles. The maximum Gasteiger partial charge on any atom is 0.227 e. The quantitative estimate of drug-likeness (QED) is 0.382. The summed E-state index contributed by atoms with van der Waals surface area (Å²) >= 11 is 5.89. The molecule has 9 heteroatoms. The molecular weight excluding hydrogens is 438 g/mol. The van der Waals surface area contributed by atoms with Crippen LogP contribution in [0.5, 0.6) is 0 Å². The van der Waals surface area contributed by atoms with Crippen molar-refractivity contribution in [3.63, 3.8) is 0 Å². The number of carbonyl (C=O) groups excluding carboxylic acids is 1. The zero-order valence-corrected chi connectivity index (χ0v) is 17.5. The second kappa shape index (κ2) is 9.65. The molecule has 4 rings (SSSR count). The van der Waals surface area contributed by atoms with Gasteiger partial charge in [0.25, 0.3) is 0 Å². The molecule has 2 aromatic heterocycles. The minimum Gasteiger partial charge on any atom is -0.339 e. The molecule has 6 nitrogen and oxygen atoms in total. The smallest absolute Gasteiger partial charge is 0.227 e. The topological polar surface area (TPSA) is 72.1 Å². The number of benzene rings is 2. The average Bonchev–Trinajstić information content (AvgIpc) is 3.26. The third kappa shape index (κ3) is 5.15. The van der Waals surface area contributed by atoms with Crippen LogP contribution in [0.15, 0.2) is 71.4 Å². The average molecular weight is 455 g/mol. The highest BCUT2D eigenvalue weighted by Crippen LogP contribution is 2.24. The van der Waals surface area contributed by atoms with Gasteiger partial charge in [-0.3, -0.25) is 9.78 Å². The Labute approximate surface area is 187 Å². The summed E-state index contributed by atoms with van der Waals surface area (Å²) in [5.74, 6) is -1.32. The third-order valence-electron chi connectivity index (χ3n) is 4.67. The standard InChI is InChI=1S/C23H17ClF2N4O2/c24-16-6-4-15(5-7-16)23-28-21(32-29-23)10-11-22(31)30(14-18-3-1-2-12-27-18)20-9-8-17(25)13-19(20)26/h1-9,12-13H,10-11,14H2. The molecule has 0 aliphatic rings. The lowest BCUT2D eigenvalue weighted by Crippen LogP contribution is -2.31. The van der Waals surface area contributed by atoms with Crippen LogP contribution in [0.2, 0.25) is 5.02 Å². The van der Waals surface area contributed by atoms with Gasteiger partial charge >= 0.3 is 0 Å². The van der Waals surface area contributed by atoms with Crippen LogP contribution in [0.4, 0.5) is 14.5 Å². The Morgan fingerprint density at radius 1 is 1.06 bits per heavy atom. The van der Waals surface area contributed by atoms with Crippen molar-refractivity contribution >= 4 is 23.2 Å². The summed E-state index contributed by atoms with van der Waals surface area (Å²) in [5, 5.41) is 4.51. The molecule has 0 saturated carbocycles. The molecule has 0 unspecified atom stereocenters. The molecule has 0 spiro atoms. The maximum absolute atomic E-state index is 14.4. The summed E-state index contributed by atoms with van der Waals surface area (Å²) < 4.78 is 33.1. The van der Waals surface area contributed by atoms with E-state index < -0.39 is 17.5 Å². The molecule has 4 aromatic rings. The van der Waals surface area contributed by atoms with Crippen molar-refractivity contribution in [2.24, 2.45) is 0 Å². The Hall–Kier alpha value is -3.65. The molecule has 0 aliphatic carbocycles. The van der Waals surface area contributed by atoms with E-state index in [1.807, 2.05) is 0 Å². The van der Waals surface area contributed by atoms with Crippen LogP contribution in [-0.2, 0) is 17.8 Å². The lowest BCUT2D eigenvalue weighted by atomic mass is 10.2. The van der Waals surface area contributed by atoms with Crippen molar-refractivity contribution in [2.45, 2.75) is 19.4 Å². The van der Waals surface area contributed by atoms with E-state index in [0.717, 1.165) is 17.7 Å². The first-order valence-corrected chi connectivity index (χ1v) is 10.1. The van der Waals surface area contributed by atoms with E-state index in [-0.39, 0.29) is 31.0 Å². The van der Waals surface area contributed by atoms with Gasteiger partial charge in [-0.2, -0.15) is 4.98 Å². The summed E-state index contributed by atoms with van der Waals surface area (Å²) in [6, 6.07) is 15.2. The van der Waals surface area contributed by atoms with Crippen LogP contribution in [0.3, 0.4) is 0 Å². The van der Waals surface area contributed by atoms with Gasteiger partial charge in [0, 0.05) is 35.7 Å². The monoisotopic (exact) mass is 454 g/mol. The van der Waals surface area contributed by atoms with E-state index in [1.165, 1.54) is 11.0 Å². The predicted octanol–water partition coefficient (Wildman–Crippen LogP) is 5.23. The number of pyridine rings is 1. The van der Waals surface area contributed by atoms with Gasteiger partial charge in [-0.25, -0.2) is 8.78 Å². The van der Waals surface area contributed by atoms with Gasteiger partial charge in [0.1, 0.15) is 11.6 Å². The van der Waals surface area contributed by atoms with E-state index in [2.05, 4.69) is 15.1 Å². The fourth-order valence-electron chi connectivity index (χ4n) is 3.08. The Balaban J connectivity index is 1.50. The molecule has 0 N–H and O–H groups in total. The van der Waals surface area contributed by atoms with Gasteiger partial charge in [-0.05, 0) is 48.5 Å². The SMILES string of the molecule is O=C(CCc1nc(-c2ccc(Cl)cc2)no1)N(Cc1ccccn1)c1ccc(F)cc1F. The fraction of sp³-hybridized carbons (Fsp3) is 0.130. The zero-order chi connectivity index (χ0) is 22.5. The van der Waals surface area contributed by atoms with E-state index in [1.54, 1.807) is 48.7 Å². The number of rotatable bonds is 7. The largest absolute Gasteiger partial charge is 0.339 e. The second-order valence-electron chi connectivity index (χ2n) is 6.92. The molecule has 1 amide bonds. The lowest BCUT2D eigenvalue weighted by Gasteiger charge is -2.23. The van der Waals surface area contributed by atoms with Gasteiger partial charge < -0.3 is 9.42 Å². The highest BCUT2D eigenvalue weighted by molar-refractivity contribution is 6.30. The molecule has 162 valence electrons. The number of hydrogen-bond donors (Lipinski definition) is 0. The Kier molecular flexibility index (Phi) is 6.51. The molecule has 32 heavy (non-hydrogen) atoms. The first-order chi connectivity index (χ1) is 15.5. The molecule has 0 saturated heterocycles. The van der Waals surface area contributed by atoms with Crippen molar-refractivity contribution in [1.82, 2.24) is 15.1 Å². The van der Waals surface area contributed by atoms with Crippen molar-refractivity contribution < 1.29 is 18.1 Å².